The van der Waals surface area contributed by atoms with Crippen LogP contribution >= 0.6 is 0 Å². The van der Waals surface area contributed by atoms with Crippen LogP contribution in [0.2, 0.25) is 0 Å². The van der Waals surface area contributed by atoms with Crippen LogP contribution in [0.1, 0.15) is 54.1 Å². The molecule has 0 radical (unpaired) electrons. The van der Waals surface area contributed by atoms with Gasteiger partial charge in [0, 0.05) is 24.2 Å². The van der Waals surface area contributed by atoms with Crippen LogP contribution in [-0.2, 0) is 0 Å². The number of phenolic OH excluding ortho intramolecular Hbond substituents is 2. The van der Waals surface area contributed by atoms with Crippen LogP contribution in [-0.4, -0.2) is 49.6 Å². The zero-order valence-electron chi connectivity index (χ0n) is 19.7. The van der Waals surface area contributed by atoms with Crippen molar-refractivity contribution in [3.63, 3.8) is 0 Å². The van der Waals surface area contributed by atoms with E-state index in [1.54, 1.807) is 42.5 Å². The van der Waals surface area contributed by atoms with Gasteiger partial charge in [0.05, 0.1) is 11.1 Å². The molecule has 0 spiro atoms. The van der Waals surface area contributed by atoms with Gasteiger partial charge in [0.15, 0.2) is 22.9 Å². The van der Waals surface area contributed by atoms with E-state index >= 15 is 0 Å². The van der Waals surface area contributed by atoms with E-state index in [1.807, 2.05) is 0 Å². The molecule has 11 nitrogen and oxygen atoms in total. The zero-order chi connectivity index (χ0) is 26.4. The first-order valence-corrected chi connectivity index (χ1v) is 11.6. The number of benzene rings is 2. The van der Waals surface area contributed by atoms with E-state index in [9.17, 15) is 19.8 Å². The van der Waals surface area contributed by atoms with E-state index in [4.69, 9.17) is 19.9 Å². The molecule has 4 aromatic rings. The fraction of sp³-hybridized carbons (Fsp3) is 0.259. The summed E-state index contributed by atoms with van der Waals surface area (Å²) in [6.45, 7) is 0. The number of hydrogen-bond donors (Lipinski definition) is 5. The molecule has 2 heterocycles. The number of aromatic carboxylic acids is 1. The van der Waals surface area contributed by atoms with Crippen molar-refractivity contribution < 1.29 is 34.0 Å². The first-order chi connectivity index (χ1) is 17.8. The summed E-state index contributed by atoms with van der Waals surface area (Å²) < 4.78 is 9.89. The molecule has 6 rings (SSSR count). The van der Waals surface area contributed by atoms with Crippen LogP contribution in [0.15, 0.2) is 69.7 Å². The fourth-order valence-electron chi connectivity index (χ4n) is 2.96. The predicted molar refractivity (Wildman–Crippen MR) is 139 cm³/mol. The Kier molecular flexibility index (Phi) is 9.23. The predicted octanol–water partition coefficient (Wildman–Crippen LogP) is 4.43. The van der Waals surface area contributed by atoms with E-state index in [-0.39, 0.29) is 48.0 Å². The summed E-state index contributed by atoms with van der Waals surface area (Å²) in [5.74, 6) is -0.670. The van der Waals surface area contributed by atoms with Gasteiger partial charge < -0.3 is 35.4 Å². The van der Waals surface area contributed by atoms with Gasteiger partial charge in [0.25, 0.3) is 5.91 Å². The Balaban J connectivity index is 0.000000181. The standard InChI is InChI=1S/C13H12N2O3.C10H7NO4.C3H7N.CH4/c16-11-4-2-1-3-9(11)12-7-10(15-18-12)13(17)14-8-5-6-8;12-8-4-2-1-3-6(8)9-5-7(10(13)14)11-15-9;4-3-1-2-3;/h1-4,7-8,16H,5-6H2,(H,14,17);1-5,12H,(H,13,14);3H,1-2,4H2;1H4. The number of nitrogens with one attached hydrogen (secondary N) is 1. The largest absolute Gasteiger partial charge is 0.507 e. The highest BCUT2D eigenvalue weighted by Gasteiger charge is 2.25. The molecule has 11 heteroatoms. The SMILES string of the molecule is C.NC1CC1.O=C(NC1CC1)c1cc(-c2ccccc2O)on1.O=C(O)c1cc(-c2ccccc2O)on1. The molecule has 0 unspecified atom stereocenters. The number of aromatic hydroxyl groups is 2. The van der Waals surface area contributed by atoms with Crippen LogP contribution < -0.4 is 11.1 Å². The molecule has 2 aromatic heterocycles. The molecule has 38 heavy (non-hydrogen) atoms. The summed E-state index contributed by atoms with van der Waals surface area (Å²) in [5.41, 5.74) is 6.21. The number of aromatic nitrogens is 2. The molecule has 0 atom stereocenters. The minimum Gasteiger partial charge on any atom is -0.507 e. The highest BCUT2D eigenvalue weighted by atomic mass is 16.5. The molecule has 2 aliphatic rings. The lowest BCUT2D eigenvalue weighted by atomic mass is 10.1. The average molecular weight is 523 g/mol. The average Bonchev–Trinajstić information content (AvgIpc) is 3.75. The Hall–Kier alpha value is -4.64. The van der Waals surface area contributed by atoms with Gasteiger partial charge in [0.2, 0.25) is 0 Å². The van der Waals surface area contributed by atoms with Crippen molar-refractivity contribution in [2.24, 2.45) is 5.73 Å². The van der Waals surface area contributed by atoms with E-state index in [0.717, 1.165) is 12.8 Å². The third-order valence-corrected chi connectivity index (χ3v) is 5.35. The van der Waals surface area contributed by atoms with Crippen LogP contribution in [0.4, 0.5) is 0 Å². The third kappa shape index (κ3) is 7.68. The first-order valence-electron chi connectivity index (χ1n) is 11.6. The van der Waals surface area contributed by atoms with Crippen molar-refractivity contribution in [2.75, 3.05) is 0 Å². The van der Waals surface area contributed by atoms with Crippen LogP contribution in [0, 0.1) is 0 Å². The summed E-state index contributed by atoms with van der Waals surface area (Å²) in [4.78, 5) is 22.3. The lowest BCUT2D eigenvalue weighted by Crippen LogP contribution is -2.25. The van der Waals surface area contributed by atoms with Crippen LogP contribution in [0.3, 0.4) is 0 Å². The Bertz CT molecular complexity index is 1370. The van der Waals surface area contributed by atoms with Gasteiger partial charge in [-0.3, -0.25) is 4.79 Å². The van der Waals surface area contributed by atoms with Crippen LogP contribution in [0.5, 0.6) is 11.5 Å². The Morgan fingerprint density at radius 1 is 0.816 bits per heavy atom. The molecule has 1 amide bonds. The van der Waals surface area contributed by atoms with E-state index in [2.05, 4.69) is 15.6 Å². The number of nitrogens with zero attached hydrogens (tertiary/aromatic N) is 2. The van der Waals surface area contributed by atoms with Gasteiger partial charge in [0.1, 0.15) is 11.5 Å². The van der Waals surface area contributed by atoms with Crippen molar-refractivity contribution >= 4 is 11.9 Å². The molecule has 0 bridgehead atoms. The first kappa shape index (κ1) is 27.9. The maximum atomic E-state index is 11.7. The molecule has 2 aliphatic carbocycles. The lowest BCUT2D eigenvalue weighted by Gasteiger charge is -1.98. The van der Waals surface area contributed by atoms with Crippen molar-refractivity contribution in [3.05, 3.63) is 72.1 Å². The maximum Gasteiger partial charge on any atom is 0.358 e. The fourth-order valence-corrected chi connectivity index (χ4v) is 2.96. The number of carbonyl (C=O) groups excluding carboxylic acids is 1. The van der Waals surface area contributed by atoms with Crippen molar-refractivity contribution in [2.45, 2.75) is 45.2 Å². The second-order valence-electron chi connectivity index (χ2n) is 8.58. The number of rotatable bonds is 5. The Morgan fingerprint density at radius 2 is 1.26 bits per heavy atom. The summed E-state index contributed by atoms with van der Waals surface area (Å²) in [6.07, 6.45) is 4.58. The summed E-state index contributed by atoms with van der Waals surface area (Å²) in [7, 11) is 0. The van der Waals surface area contributed by atoms with E-state index in [0.29, 0.717) is 22.9 Å². The molecule has 0 aliphatic heterocycles. The van der Waals surface area contributed by atoms with Crippen molar-refractivity contribution in [1.29, 1.82) is 0 Å². The second-order valence-corrected chi connectivity index (χ2v) is 8.58. The van der Waals surface area contributed by atoms with E-state index in [1.165, 1.54) is 31.0 Å². The molecule has 6 N–H and O–H groups in total. The van der Waals surface area contributed by atoms with E-state index < -0.39 is 5.97 Å². The number of carboxylic acid groups (broad SMARTS) is 1. The smallest absolute Gasteiger partial charge is 0.358 e. The number of amides is 1. The number of phenols is 2. The summed E-state index contributed by atoms with van der Waals surface area (Å²) >= 11 is 0. The van der Waals surface area contributed by atoms with Gasteiger partial charge in [-0.15, -0.1) is 0 Å². The minimum atomic E-state index is -1.17. The monoisotopic (exact) mass is 522 g/mol. The van der Waals surface area contributed by atoms with Gasteiger partial charge >= 0.3 is 5.97 Å². The lowest BCUT2D eigenvalue weighted by molar-refractivity contribution is 0.0685. The van der Waals surface area contributed by atoms with Gasteiger partial charge in [-0.25, -0.2) is 4.79 Å². The summed E-state index contributed by atoms with van der Waals surface area (Å²) in [6, 6.07) is 16.9. The quantitative estimate of drug-likeness (QED) is 0.251. The van der Waals surface area contributed by atoms with Crippen LogP contribution in [0.25, 0.3) is 22.6 Å². The third-order valence-electron chi connectivity index (χ3n) is 5.35. The molecule has 2 fully saturated rings. The van der Waals surface area contributed by atoms with Gasteiger partial charge in [-0.1, -0.05) is 42.0 Å². The molecular formula is C27H30N4O7. The normalized spacial score (nSPS) is 13.6. The van der Waals surface area contributed by atoms with Crippen molar-refractivity contribution in [1.82, 2.24) is 15.6 Å². The number of hydrogen-bond acceptors (Lipinski definition) is 9. The van der Waals surface area contributed by atoms with Gasteiger partial charge in [-0.2, -0.15) is 0 Å². The molecular weight excluding hydrogens is 492 g/mol. The molecule has 200 valence electrons. The molecule has 2 aromatic carbocycles. The second kappa shape index (κ2) is 12.5. The highest BCUT2D eigenvalue weighted by molar-refractivity contribution is 5.93. The number of carboxylic acids is 1. The summed E-state index contributed by atoms with van der Waals surface area (Å²) in [5, 5.41) is 37.7. The zero-order valence-corrected chi connectivity index (χ0v) is 19.7. The number of para-hydroxylation sites is 2. The number of carbonyl (C=O) groups is 2. The molecule has 2 saturated carbocycles. The van der Waals surface area contributed by atoms with Gasteiger partial charge in [-0.05, 0) is 49.9 Å². The minimum absolute atomic E-state index is 0. The molecule has 0 saturated heterocycles. The van der Waals surface area contributed by atoms with Crippen molar-refractivity contribution in [3.8, 4) is 34.1 Å². The maximum absolute atomic E-state index is 11.7. The Labute approximate surface area is 218 Å². The highest BCUT2D eigenvalue weighted by Crippen LogP contribution is 2.30. The topological polar surface area (TPSA) is 185 Å². The number of nitrogens with two attached hydrogens (primary N) is 1. The Morgan fingerprint density at radius 3 is 1.66 bits per heavy atom.